The molecule has 0 spiro atoms. The average molecular weight is 440 g/mol. The fourth-order valence-corrected chi connectivity index (χ4v) is 4.91. The molecule has 0 radical (unpaired) electrons. The first-order valence-corrected chi connectivity index (χ1v) is 11.3. The summed E-state index contributed by atoms with van der Waals surface area (Å²) in [5.74, 6) is 0.933. The number of rotatable bonds is 8. The minimum Gasteiger partial charge on any atom is -0.493 e. The zero-order valence-electron chi connectivity index (χ0n) is 19.1. The van der Waals surface area contributed by atoms with E-state index in [0.29, 0.717) is 31.2 Å². The van der Waals surface area contributed by atoms with E-state index in [1.54, 1.807) is 18.9 Å². The smallest absolute Gasteiger partial charge is 0.248 e. The van der Waals surface area contributed by atoms with Crippen molar-refractivity contribution in [3.8, 4) is 11.5 Å². The van der Waals surface area contributed by atoms with Gasteiger partial charge in [0, 0.05) is 29.8 Å². The maximum absolute atomic E-state index is 12.2. The molecule has 1 aliphatic carbocycles. The van der Waals surface area contributed by atoms with Crippen LogP contribution >= 0.6 is 0 Å². The van der Waals surface area contributed by atoms with E-state index in [1.165, 1.54) is 5.56 Å². The van der Waals surface area contributed by atoms with Crippen LogP contribution in [0.15, 0.2) is 48.5 Å². The third-order valence-corrected chi connectivity index (χ3v) is 7.51. The summed E-state index contributed by atoms with van der Waals surface area (Å²) in [6.07, 6.45) is 1.57. The average Bonchev–Trinajstić information content (AvgIpc) is 3.52. The van der Waals surface area contributed by atoms with Gasteiger partial charge < -0.3 is 24.6 Å². The molecule has 1 amide bonds. The van der Waals surface area contributed by atoms with Crippen molar-refractivity contribution in [2.75, 3.05) is 33.4 Å². The van der Waals surface area contributed by atoms with Crippen molar-refractivity contribution >= 4 is 5.91 Å². The second-order valence-electron chi connectivity index (χ2n) is 9.51. The molecule has 2 N–H and O–H groups in total. The van der Waals surface area contributed by atoms with E-state index >= 15 is 0 Å². The molecule has 6 heteroatoms. The minimum absolute atomic E-state index is 0.0497. The van der Waals surface area contributed by atoms with Gasteiger partial charge in [0.05, 0.1) is 19.8 Å². The lowest BCUT2D eigenvalue weighted by Crippen LogP contribution is -2.38. The van der Waals surface area contributed by atoms with Gasteiger partial charge in [-0.3, -0.25) is 4.79 Å². The van der Waals surface area contributed by atoms with E-state index in [-0.39, 0.29) is 17.2 Å². The number of carbonyl (C=O) groups excluding carboxylic acids is 1. The minimum atomic E-state index is -0.622. The van der Waals surface area contributed by atoms with Crippen LogP contribution < -0.4 is 9.47 Å². The van der Waals surface area contributed by atoms with Gasteiger partial charge in [0.2, 0.25) is 5.91 Å². The van der Waals surface area contributed by atoms with Crippen molar-refractivity contribution in [1.29, 1.82) is 0 Å². The Morgan fingerprint density at radius 3 is 2.50 bits per heavy atom. The summed E-state index contributed by atoms with van der Waals surface area (Å²) in [5.41, 5.74) is 1.81. The maximum Gasteiger partial charge on any atom is 0.248 e. The molecule has 0 bridgehead atoms. The van der Waals surface area contributed by atoms with Crippen LogP contribution in [0.1, 0.15) is 43.7 Å². The Bertz CT molecular complexity index is 956. The highest BCUT2D eigenvalue weighted by Gasteiger charge is 2.48. The lowest BCUT2D eigenvalue weighted by atomic mass is 9.72. The molecule has 4 rings (SSSR count). The molecule has 2 fully saturated rings. The quantitative estimate of drug-likeness (QED) is 0.661. The van der Waals surface area contributed by atoms with Crippen LogP contribution in [0.3, 0.4) is 0 Å². The van der Waals surface area contributed by atoms with Gasteiger partial charge in [0.15, 0.2) is 11.5 Å². The first-order chi connectivity index (χ1) is 15.3. The van der Waals surface area contributed by atoms with Crippen LogP contribution in [-0.4, -0.2) is 60.5 Å². The fourth-order valence-electron chi connectivity index (χ4n) is 4.91. The van der Waals surface area contributed by atoms with E-state index in [4.69, 9.17) is 9.47 Å². The fraction of sp³-hybridized carbons (Fsp3) is 0.500. The largest absolute Gasteiger partial charge is 0.493 e. The maximum atomic E-state index is 12.2. The van der Waals surface area contributed by atoms with Gasteiger partial charge in [-0.1, -0.05) is 43.3 Å². The first kappa shape index (κ1) is 22.6. The molecule has 1 saturated carbocycles. The number of likely N-dealkylation sites (tertiary alicyclic amines) is 1. The number of amides is 1. The third kappa shape index (κ3) is 4.09. The van der Waals surface area contributed by atoms with Crippen LogP contribution in [-0.2, 0) is 10.2 Å². The predicted octanol–water partition coefficient (Wildman–Crippen LogP) is 3.11. The van der Waals surface area contributed by atoms with E-state index in [0.717, 1.165) is 18.4 Å². The number of hydrogen-bond donors (Lipinski definition) is 2. The van der Waals surface area contributed by atoms with Crippen LogP contribution in [0.4, 0.5) is 0 Å². The first-order valence-electron chi connectivity index (χ1n) is 11.3. The van der Waals surface area contributed by atoms with Gasteiger partial charge in [0.1, 0.15) is 6.61 Å². The molecule has 3 atom stereocenters. The molecule has 1 heterocycles. The number of nitrogens with zero attached hydrogens (tertiary/aromatic N) is 1. The molecule has 2 aromatic carbocycles. The summed E-state index contributed by atoms with van der Waals surface area (Å²) < 4.78 is 11.9. The predicted molar refractivity (Wildman–Crippen MR) is 122 cm³/mol. The summed E-state index contributed by atoms with van der Waals surface area (Å²) >= 11 is 0. The van der Waals surface area contributed by atoms with Gasteiger partial charge in [-0.05, 0) is 43.0 Å². The zero-order chi connectivity index (χ0) is 22.9. The molecule has 2 aliphatic rings. The summed E-state index contributed by atoms with van der Waals surface area (Å²) in [7, 11) is 1.63. The Balaban J connectivity index is 1.59. The molecule has 172 valence electrons. The Hall–Kier alpha value is -2.57. The molecular formula is C26H33NO5. The summed E-state index contributed by atoms with van der Waals surface area (Å²) in [5, 5.41) is 19.9. The molecule has 3 unspecified atom stereocenters. The van der Waals surface area contributed by atoms with Gasteiger partial charge in [-0.15, -0.1) is 0 Å². The standard InChI is InChI=1S/C26H33NO5/c1-18(29)25(2)16-27(24(30)15-28)14-21(25)19-9-10-22(31-3)23(13-19)32-17-26(11-12-26)20-7-5-4-6-8-20/h4-10,13,18,21,28-29H,11-12,14-17H2,1-3H3. The van der Waals surface area contributed by atoms with E-state index in [1.807, 2.05) is 31.2 Å². The highest BCUT2D eigenvalue weighted by atomic mass is 16.5. The number of methoxy groups -OCH3 is 1. The van der Waals surface area contributed by atoms with Gasteiger partial charge >= 0.3 is 0 Å². The van der Waals surface area contributed by atoms with Crippen LogP contribution in [0.25, 0.3) is 0 Å². The Morgan fingerprint density at radius 2 is 1.91 bits per heavy atom. The Kier molecular flexibility index (Phi) is 6.19. The normalized spacial score (nSPS) is 24.8. The van der Waals surface area contributed by atoms with Gasteiger partial charge in [-0.2, -0.15) is 0 Å². The topological polar surface area (TPSA) is 79.2 Å². The molecular weight excluding hydrogens is 406 g/mol. The summed E-state index contributed by atoms with van der Waals surface area (Å²) in [4.78, 5) is 13.8. The Labute approximate surface area is 189 Å². The highest BCUT2D eigenvalue weighted by molar-refractivity contribution is 5.77. The molecule has 0 aromatic heterocycles. The molecule has 32 heavy (non-hydrogen) atoms. The highest BCUT2D eigenvalue weighted by Crippen LogP contribution is 2.50. The second kappa shape index (κ2) is 8.75. The third-order valence-electron chi connectivity index (χ3n) is 7.51. The van der Waals surface area contributed by atoms with E-state index in [9.17, 15) is 15.0 Å². The number of aliphatic hydroxyl groups is 2. The van der Waals surface area contributed by atoms with E-state index in [2.05, 4.69) is 24.3 Å². The van der Waals surface area contributed by atoms with Crippen molar-refractivity contribution in [3.05, 3.63) is 59.7 Å². The molecule has 1 aliphatic heterocycles. The number of carbonyl (C=O) groups is 1. The number of aliphatic hydroxyl groups excluding tert-OH is 2. The lowest BCUT2D eigenvalue weighted by Gasteiger charge is -2.34. The number of ether oxygens (including phenoxy) is 2. The van der Waals surface area contributed by atoms with Crippen molar-refractivity contribution in [3.63, 3.8) is 0 Å². The van der Waals surface area contributed by atoms with Crippen LogP contribution in [0.5, 0.6) is 11.5 Å². The van der Waals surface area contributed by atoms with Gasteiger partial charge in [0.25, 0.3) is 0 Å². The molecule has 6 nitrogen and oxygen atoms in total. The molecule has 2 aromatic rings. The van der Waals surface area contributed by atoms with Crippen molar-refractivity contribution in [2.24, 2.45) is 5.41 Å². The van der Waals surface area contributed by atoms with Gasteiger partial charge in [-0.25, -0.2) is 0 Å². The summed E-state index contributed by atoms with van der Waals surface area (Å²) in [6, 6.07) is 16.3. The van der Waals surface area contributed by atoms with Crippen LogP contribution in [0, 0.1) is 5.41 Å². The van der Waals surface area contributed by atoms with Crippen molar-refractivity contribution in [1.82, 2.24) is 4.90 Å². The Morgan fingerprint density at radius 1 is 1.19 bits per heavy atom. The SMILES string of the molecule is COc1ccc(C2CN(C(=O)CO)CC2(C)C(C)O)cc1OCC1(c2ccccc2)CC1. The van der Waals surface area contributed by atoms with E-state index < -0.39 is 18.1 Å². The zero-order valence-corrected chi connectivity index (χ0v) is 19.1. The number of hydrogen-bond acceptors (Lipinski definition) is 5. The van der Waals surface area contributed by atoms with Crippen LogP contribution in [0.2, 0.25) is 0 Å². The lowest BCUT2D eigenvalue weighted by molar-refractivity contribution is -0.133. The monoisotopic (exact) mass is 439 g/mol. The summed E-state index contributed by atoms with van der Waals surface area (Å²) in [6.45, 7) is 4.64. The number of benzene rings is 2. The van der Waals surface area contributed by atoms with Crippen molar-refractivity contribution in [2.45, 2.75) is 44.1 Å². The molecule has 1 saturated heterocycles. The second-order valence-corrected chi connectivity index (χ2v) is 9.51. The van der Waals surface area contributed by atoms with Crippen molar-refractivity contribution < 1.29 is 24.5 Å².